The molecule has 3 heterocycles. The van der Waals surface area contributed by atoms with Gasteiger partial charge in [0.15, 0.2) is 11.0 Å². The van der Waals surface area contributed by atoms with E-state index in [0.717, 1.165) is 21.5 Å². The zero-order valence-electron chi connectivity index (χ0n) is 14.7. The highest BCUT2D eigenvalue weighted by atomic mass is 32.2. The van der Waals surface area contributed by atoms with Crippen LogP contribution in [0, 0.1) is 5.82 Å². The van der Waals surface area contributed by atoms with Crippen LogP contribution < -0.4 is 5.73 Å². The molecule has 1 aliphatic rings. The molecule has 1 aromatic carbocycles. The van der Waals surface area contributed by atoms with Crippen LogP contribution in [0.3, 0.4) is 0 Å². The van der Waals surface area contributed by atoms with Gasteiger partial charge in [0, 0.05) is 29.3 Å². The summed E-state index contributed by atoms with van der Waals surface area (Å²) in [5.74, 6) is 0.481. The third-order valence-electron chi connectivity index (χ3n) is 4.74. The van der Waals surface area contributed by atoms with Gasteiger partial charge in [-0.15, -0.1) is 11.3 Å². The van der Waals surface area contributed by atoms with Crippen molar-refractivity contribution in [2.75, 3.05) is 5.75 Å². The van der Waals surface area contributed by atoms with E-state index in [1.54, 1.807) is 18.3 Å². The SMILES string of the molecule is C[C@@]1(c2cc(CC(=O)c3cc4cccnc4s3)ccc2F)CCSC(N)=N1. The fourth-order valence-corrected chi connectivity index (χ4v) is 5.17. The minimum absolute atomic E-state index is 0.00271. The van der Waals surface area contributed by atoms with Crippen molar-refractivity contribution >= 4 is 44.3 Å². The molecule has 27 heavy (non-hydrogen) atoms. The lowest BCUT2D eigenvalue weighted by Gasteiger charge is -2.30. The molecule has 0 amide bonds. The van der Waals surface area contributed by atoms with Gasteiger partial charge >= 0.3 is 0 Å². The monoisotopic (exact) mass is 399 g/mol. The Balaban J connectivity index is 1.63. The van der Waals surface area contributed by atoms with Gasteiger partial charge in [-0.2, -0.15) is 0 Å². The van der Waals surface area contributed by atoms with Gasteiger partial charge < -0.3 is 5.73 Å². The van der Waals surface area contributed by atoms with Crippen LogP contribution in [0.5, 0.6) is 0 Å². The van der Waals surface area contributed by atoms with Crippen molar-refractivity contribution in [3.63, 3.8) is 0 Å². The summed E-state index contributed by atoms with van der Waals surface area (Å²) in [5, 5.41) is 1.44. The first-order valence-electron chi connectivity index (χ1n) is 8.59. The highest BCUT2D eigenvalue weighted by molar-refractivity contribution is 8.13. The molecule has 3 aromatic rings. The molecule has 0 radical (unpaired) electrons. The summed E-state index contributed by atoms with van der Waals surface area (Å²) in [4.78, 5) is 23.0. The third kappa shape index (κ3) is 3.61. The van der Waals surface area contributed by atoms with Crippen molar-refractivity contribution < 1.29 is 9.18 Å². The van der Waals surface area contributed by atoms with Crippen LogP contribution in [-0.2, 0) is 12.0 Å². The summed E-state index contributed by atoms with van der Waals surface area (Å²) in [6.45, 7) is 1.89. The first-order valence-corrected chi connectivity index (χ1v) is 10.4. The minimum atomic E-state index is -0.694. The maximum Gasteiger partial charge on any atom is 0.177 e. The van der Waals surface area contributed by atoms with E-state index in [-0.39, 0.29) is 18.0 Å². The predicted octanol–water partition coefficient (Wildman–Crippen LogP) is 4.53. The maximum absolute atomic E-state index is 14.5. The number of carbonyl (C=O) groups is 1. The second kappa shape index (κ2) is 7.05. The van der Waals surface area contributed by atoms with Crippen molar-refractivity contribution in [1.29, 1.82) is 0 Å². The number of rotatable bonds is 4. The molecule has 0 saturated carbocycles. The van der Waals surface area contributed by atoms with Gasteiger partial charge in [-0.05, 0) is 43.2 Å². The number of carbonyl (C=O) groups excluding carboxylic acids is 1. The van der Waals surface area contributed by atoms with E-state index >= 15 is 0 Å². The summed E-state index contributed by atoms with van der Waals surface area (Å²) in [6, 6.07) is 10.5. The molecular formula is C20H18FN3OS2. The normalized spacial score (nSPS) is 19.9. The number of hydrogen-bond acceptors (Lipinski definition) is 6. The molecule has 4 nitrogen and oxygen atoms in total. The van der Waals surface area contributed by atoms with Crippen molar-refractivity contribution in [1.82, 2.24) is 4.98 Å². The van der Waals surface area contributed by atoms with E-state index in [1.165, 1.54) is 29.2 Å². The molecule has 138 valence electrons. The number of nitrogens with zero attached hydrogens (tertiary/aromatic N) is 2. The quantitative estimate of drug-likeness (QED) is 0.655. The number of thioether (sulfide) groups is 1. The van der Waals surface area contributed by atoms with Gasteiger partial charge in [0.25, 0.3) is 0 Å². The van der Waals surface area contributed by atoms with Gasteiger partial charge in [0.05, 0.1) is 10.4 Å². The molecule has 0 aliphatic carbocycles. The molecule has 1 atom stereocenters. The van der Waals surface area contributed by atoms with Gasteiger partial charge in [0.1, 0.15) is 10.6 Å². The van der Waals surface area contributed by atoms with Crippen LogP contribution in [0.4, 0.5) is 4.39 Å². The smallest absolute Gasteiger partial charge is 0.177 e. The number of ketones is 1. The Morgan fingerprint density at radius 1 is 1.33 bits per heavy atom. The average Bonchev–Trinajstić information content (AvgIpc) is 3.07. The standard InChI is InChI=1S/C20H18FN3OS2/c1-20(6-8-26-19(22)24-20)14-9-12(4-5-15(14)21)10-16(25)17-11-13-3-2-7-23-18(13)27-17/h2-5,7,9,11H,6,8,10H2,1H3,(H2,22,24)/t20-/m0/s1. The highest BCUT2D eigenvalue weighted by Gasteiger charge is 2.32. The molecule has 0 spiro atoms. The van der Waals surface area contributed by atoms with Crippen LogP contribution >= 0.6 is 23.1 Å². The molecular weight excluding hydrogens is 381 g/mol. The number of nitrogens with two attached hydrogens (primary N) is 1. The van der Waals surface area contributed by atoms with Crippen LogP contribution in [-0.4, -0.2) is 21.7 Å². The zero-order chi connectivity index (χ0) is 19.0. The van der Waals surface area contributed by atoms with Crippen molar-refractivity contribution in [2.45, 2.75) is 25.3 Å². The Morgan fingerprint density at radius 3 is 2.96 bits per heavy atom. The summed E-state index contributed by atoms with van der Waals surface area (Å²) < 4.78 is 14.5. The van der Waals surface area contributed by atoms with E-state index < -0.39 is 5.54 Å². The van der Waals surface area contributed by atoms with Gasteiger partial charge in [-0.1, -0.05) is 23.9 Å². The molecule has 7 heteroatoms. The Bertz CT molecular complexity index is 1030. The lowest BCUT2D eigenvalue weighted by atomic mass is 9.87. The number of aromatic nitrogens is 1. The van der Waals surface area contributed by atoms with E-state index in [9.17, 15) is 9.18 Å². The molecule has 0 fully saturated rings. The maximum atomic E-state index is 14.5. The second-order valence-electron chi connectivity index (χ2n) is 6.74. The number of benzene rings is 1. The fraction of sp³-hybridized carbons (Fsp3) is 0.250. The lowest BCUT2D eigenvalue weighted by Crippen LogP contribution is -2.29. The van der Waals surface area contributed by atoms with Crippen LogP contribution in [0.15, 0.2) is 47.6 Å². The molecule has 0 unspecified atom stereocenters. The Morgan fingerprint density at radius 2 is 2.19 bits per heavy atom. The van der Waals surface area contributed by atoms with Crippen LogP contribution in [0.25, 0.3) is 10.2 Å². The van der Waals surface area contributed by atoms with Crippen LogP contribution in [0.2, 0.25) is 0 Å². The highest BCUT2D eigenvalue weighted by Crippen LogP contribution is 2.37. The third-order valence-corrected chi connectivity index (χ3v) is 6.64. The molecule has 2 aromatic heterocycles. The molecule has 1 aliphatic heterocycles. The summed E-state index contributed by atoms with van der Waals surface area (Å²) in [5.41, 5.74) is 6.43. The number of fused-ring (bicyclic) bond motifs is 1. The summed E-state index contributed by atoms with van der Waals surface area (Å²) in [6.07, 6.45) is 2.63. The average molecular weight is 400 g/mol. The minimum Gasteiger partial charge on any atom is -0.379 e. The molecule has 2 N–H and O–H groups in total. The zero-order valence-corrected chi connectivity index (χ0v) is 16.4. The summed E-state index contributed by atoms with van der Waals surface area (Å²) >= 11 is 2.87. The van der Waals surface area contributed by atoms with Crippen molar-refractivity contribution in [3.05, 3.63) is 64.4 Å². The Labute approximate surface area is 164 Å². The van der Waals surface area contributed by atoms with Crippen molar-refractivity contribution in [3.8, 4) is 0 Å². The van der Waals surface area contributed by atoms with Gasteiger partial charge in [0.2, 0.25) is 0 Å². The van der Waals surface area contributed by atoms with E-state index in [0.29, 0.717) is 22.0 Å². The largest absolute Gasteiger partial charge is 0.379 e. The van der Waals surface area contributed by atoms with E-state index in [4.69, 9.17) is 5.73 Å². The number of Topliss-reactive ketones (excluding diaryl/α,β-unsaturated/α-hetero) is 1. The molecule has 0 saturated heterocycles. The topological polar surface area (TPSA) is 68.3 Å². The number of amidine groups is 1. The van der Waals surface area contributed by atoms with E-state index in [1.807, 2.05) is 25.1 Å². The first kappa shape index (κ1) is 18.1. The summed E-state index contributed by atoms with van der Waals surface area (Å²) in [7, 11) is 0. The fourth-order valence-electron chi connectivity index (χ4n) is 3.26. The number of thiophene rings is 1. The van der Waals surface area contributed by atoms with Crippen molar-refractivity contribution in [2.24, 2.45) is 10.7 Å². The van der Waals surface area contributed by atoms with Gasteiger partial charge in [-0.25, -0.2) is 9.37 Å². The number of pyridine rings is 1. The lowest BCUT2D eigenvalue weighted by molar-refractivity contribution is 0.0997. The Kier molecular flexibility index (Phi) is 4.74. The number of halogens is 1. The number of hydrogen-bond donors (Lipinski definition) is 1. The van der Waals surface area contributed by atoms with Crippen LogP contribution in [0.1, 0.15) is 34.1 Å². The van der Waals surface area contributed by atoms with E-state index in [2.05, 4.69) is 9.98 Å². The Hall–Kier alpha value is -2.25. The number of aliphatic imine (C=N–C) groups is 1. The predicted molar refractivity (Wildman–Crippen MR) is 110 cm³/mol. The second-order valence-corrected chi connectivity index (χ2v) is 8.89. The molecule has 0 bridgehead atoms. The first-order chi connectivity index (χ1) is 12.9. The molecule has 4 rings (SSSR count). The van der Waals surface area contributed by atoms with Gasteiger partial charge in [-0.3, -0.25) is 9.79 Å².